The van der Waals surface area contributed by atoms with Crippen molar-refractivity contribution in [3.63, 3.8) is 0 Å². The van der Waals surface area contributed by atoms with Crippen molar-refractivity contribution in [2.24, 2.45) is 11.7 Å². The Kier molecular flexibility index (Phi) is 7.10. The standard InChI is InChI=1S/C25H25N7O2S2/c1-16-4-2-3-5-20(16)32-23(18-6-10-27-11-7-18)29-30-25(32)36-15-21-28-19(14-35-21)24(34)31-12-8-17(9-13-31)22(26)33/h2-7,10-11,14,17H,8-9,12-13,15H2,1H3,(H2,26,33). The Hall–Kier alpha value is -3.57. The first-order chi connectivity index (χ1) is 17.5. The summed E-state index contributed by atoms with van der Waals surface area (Å²) in [5.74, 6) is 0.749. The number of amides is 2. The number of aromatic nitrogens is 5. The Morgan fingerprint density at radius 3 is 2.58 bits per heavy atom. The van der Waals surface area contributed by atoms with E-state index in [4.69, 9.17) is 5.73 Å². The van der Waals surface area contributed by atoms with Crippen molar-refractivity contribution in [3.05, 3.63) is 70.4 Å². The van der Waals surface area contributed by atoms with Crippen LogP contribution in [0.1, 0.15) is 33.9 Å². The molecule has 0 aliphatic carbocycles. The highest BCUT2D eigenvalue weighted by Crippen LogP contribution is 2.31. The summed E-state index contributed by atoms with van der Waals surface area (Å²) in [6, 6.07) is 11.9. The summed E-state index contributed by atoms with van der Waals surface area (Å²) >= 11 is 2.98. The lowest BCUT2D eigenvalue weighted by molar-refractivity contribution is -0.123. The molecule has 1 fully saturated rings. The summed E-state index contributed by atoms with van der Waals surface area (Å²) in [6.07, 6.45) is 4.68. The number of pyridine rings is 1. The number of nitrogens with zero attached hydrogens (tertiary/aromatic N) is 6. The first kappa shape index (κ1) is 24.1. The van der Waals surface area contributed by atoms with Crippen LogP contribution in [0.15, 0.2) is 59.3 Å². The van der Waals surface area contributed by atoms with Crippen LogP contribution in [0, 0.1) is 12.8 Å². The lowest BCUT2D eigenvalue weighted by Gasteiger charge is -2.30. The van der Waals surface area contributed by atoms with Crippen LogP contribution in [0.25, 0.3) is 17.1 Å². The van der Waals surface area contributed by atoms with Gasteiger partial charge in [0.15, 0.2) is 11.0 Å². The predicted octanol–water partition coefficient (Wildman–Crippen LogP) is 3.72. The molecule has 1 saturated heterocycles. The molecule has 184 valence electrons. The zero-order chi connectivity index (χ0) is 25.1. The third kappa shape index (κ3) is 5.02. The highest BCUT2D eigenvalue weighted by Gasteiger charge is 2.27. The molecule has 2 amide bonds. The Labute approximate surface area is 216 Å². The van der Waals surface area contributed by atoms with Gasteiger partial charge >= 0.3 is 0 Å². The lowest BCUT2D eigenvalue weighted by Crippen LogP contribution is -2.41. The van der Waals surface area contributed by atoms with Crippen LogP contribution in [0.4, 0.5) is 0 Å². The molecule has 0 radical (unpaired) electrons. The number of aryl methyl sites for hydroxylation is 1. The predicted molar refractivity (Wildman–Crippen MR) is 139 cm³/mol. The molecule has 4 aromatic rings. The number of hydrogen-bond acceptors (Lipinski definition) is 8. The molecule has 1 aliphatic heterocycles. The zero-order valence-corrected chi connectivity index (χ0v) is 21.3. The summed E-state index contributed by atoms with van der Waals surface area (Å²) in [5, 5.41) is 12.3. The van der Waals surface area contributed by atoms with Gasteiger partial charge in [-0.1, -0.05) is 30.0 Å². The molecule has 5 rings (SSSR count). The number of piperidine rings is 1. The average molecular weight is 520 g/mol. The SMILES string of the molecule is Cc1ccccc1-n1c(SCc2nc(C(=O)N3CCC(C(N)=O)CC3)cs2)nnc1-c1ccncc1. The second kappa shape index (κ2) is 10.6. The van der Waals surface area contributed by atoms with E-state index >= 15 is 0 Å². The van der Waals surface area contributed by atoms with E-state index in [2.05, 4.69) is 43.8 Å². The molecule has 0 atom stereocenters. The van der Waals surface area contributed by atoms with Crippen LogP contribution >= 0.6 is 23.1 Å². The number of para-hydroxylation sites is 1. The number of thioether (sulfide) groups is 1. The number of hydrogen-bond donors (Lipinski definition) is 1. The second-order valence-corrected chi connectivity index (χ2v) is 10.4. The van der Waals surface area contributed by atoms with Gasteiger partial charge in [-0.3, -0.25) is 19.1 Å². The molecule has 0 saturated carbocycles. The molecule has 11 heteroatoms. The van der Waals surface area contributed by atoms with Gasteiger partial charge in [-0.25, -0.2) is 4.98 Å². The molecule has 0 spiro atoms. The fraction of sp³-hybridized carbons (Fsp3) is 0.280. The minimum atomic E-state index is -0.291. The van der Waals surface area contributed by atoms with Gasteiger partial charge in [-0.15, -0.1) is 21.5 Å². The van der Waals surface area contributed by atoms with Crippen LogP contribution in [-0.4, -0.2) is 54.5 Å². The van der Waals surface area contributed by atoms with Crippen molar-refractivity contribution in [2.75, 3.05) is 13.1 Å². The topological polar surface area (TPSA) is 120 Å². The number of nitrogens with two attached hydrogens (primary N) is 1. The van der Waals surface area contributed by atoms with Gasteiger partial charge < -0.3 is 10.6 Å². The fourth-order valence-corrected chi connectivity index (χ4v) is 5.94. The number of carbonyl (C=O) groups excluding carboxylic acids is 2. The van der Waals surface area contributed by atoms with E-state index < -0.39 is 0 Å². The van der Waals surface area contributed by atoms with Gasteiger partial charge in [-0.05, 0) is 43.5 Å². The van der Waals surface area contributed by atoms with Crippen LogP contribution in [0.2, 0.25) is 0 Å². The highest BCUT2D eigenvalue weighted by molar-refractivity contribution is 7.98. The summed E-state index contributed by atoms with van der Waals surface area (Å²) < 4.78 is 2.05. The minimum absolute atomic E-state index is 0.103. The van der Waals surface area contributed by atoms with E-state index in [9.17, 15) is 9.59 Å². The van der Waals surface area contributed by atoms with Crippen LogP contribution in [-0.2, 0) is 10.5 Å². The van der Waals surface area contributed by atoms with E-state index in [1.54, 1.807) is 22.7 Å². The summed E-state index contributed by atoms with van der Waals surface area (Å²) in [4.78, 5) is 34.8. The van der Waals surface area contributed by atoms with Crippen LogP contribution in [0.5, 0.6) is 0 Å². The molecule has 0 bridgehead atoms. The van der Waals surface area contributed by atoms with E-state index in [1.807, 2.05) is 24.3 Å². The maximum atomic E-state index is 12.9. The number of primary amides is 1. The quantitative estimate of drug-likeness (QED) is 0.370. The summed E-state index contributed by atoms with van der Waals surface area (Å²) in [7, 11) is 0. The molecule has 2 N–H and O–H groups in total. The van der Waals surface area contributed by atoms with Crippen molar-refractivity contribution in [1.82, 2.24) is 29.6 Å². The number of likely N-dealkylation sites (tertiary alicyclic amines) is 1. The van der Waals surface area contributed by atoms with Crippen molar-refractivity contribution < 1.29 is 9.59 Å². The maximum Gasteiger partial charge on any atom is 0.273 e. The first-order valence-electron chi connectivity index (χ1n) is 11.6. The first-order valence-corrected chi connectivity index (χ1v) is 13.5. The Bertz CT molecular complexity index is 1380. The normalized spacial score (nSPS) is 14.2. The van der Waals surface area contributed by atoms with Crippen LogP contribution in [0.3, 0.4) is 0 Å². The largest absolute Gasteiger partial charge is 0.369 e. The zero-order valence-electron chi connectivity index (χ0n) is 19.7. The number of rotatable bonds is 7. The van der Waals surface area contributed by atoms with Crippen molar-refractivity contribution in [1.29, 1.82) is 0 Å². The molecule has 3 aromatic heterocycles. The molecule has 0 unspecified atom stereocenters. The van der Waals surface area contributed by atoms with Gasteiger partial charge in [-0.2, -0.15) is 0 Å². The minimum Gasteiger partial charge on any atom is -0.369 e. The molecule has 9 nitrogen and oxygen atoms in total. The van der Waals surface area contributed by atoms with Gasteiger partial charge in [0.1, 0.15) is 10.7 Å². The lowest BCUT2D eigenvalue weighted by atomic mass is 9.96. The fourth-order valence-electron chi connectivity index (χ4n) is 4.21. The third-order valence-corrected chi connectivity index (χ3v) is 8.18. The van der Waals surface area contributed by atoms with Gasteiger partial charge in [0.05, 0.1) is 11.4 Å². The Morgan fingerprint density at radius 2 is 1.86 bits per heavy atom. The number of thiazole rings is 1. The Morgan fingerprint density at radius 1 is 1.11 bits per heavy atom. The van der Waals surface area contributed by atoms with E-state index in [-0.39, 0.29) is 17.7 Å². The van der Waals surface area contributed by atoms with E-state index in [1.165, 1.54) is 23.1 Å². The van der Waals surface area contributed by atoms with Gasteiger partial charge in [0.2, 0.25) is 5.91 Å². The van der Waals surface area contributed by atoms with E-state index in [0.29, 0.717) is 37.4 Å². The summed E-state index contributed by atoms with van der Waals surface area (Å²) in [6.45, 7) is 3.10. The molecule has 4 heterocycles. The molecule has 36 heavy (non-hydrogen) atoms. The third-order valence-electron chi connectivity index (χ3n) is 6.21. The monoisotopic (exact) mass is 519 g/mol. The smallest absolute Gasteiger partial charge is 0.273 e. The highest BCUT2D eigenvalue weighted by atomic mass is 32.2. The maximum absolute atomic E-state index is 12.9. The number of benzene rings is 1. The van der Waals surface area contributed by atoms with E-state index in [0.717, 1.165) is 32.8 Å². The molecular formula is C25H25N7O2S2. The van der Waals surface area contributed by atoms with Crippen LogP contribution < -0.4 is 5.73 Å². The molecule has 1 aromatic carbocycles. The average Bonchev–Trinajstić information content (AvgIpc) is 3.55. The second-order valence-electron chi connectivity index (χ2n) is 8.55. The van der Waals surface area contributed by atoms with Crippen molar-refractivity contribution in [3.8, 4) is 17.1 Å². The summed E-state index contributed by atoms with van der Waals surface area (Å²) in [5.41, 5.74) is 8.88. The molecule has 1 aliphatic rings. The van der Waals surface area contributed by atoms with Crippen molar-refractivity contribution in [2.45, 2.75) is 30.7 Å². The van der Waals surface area contributed by atoms with Crippen molar-refractivity contribution >= 4 is 34.9 Å². The van der Waals surface area contributed by atoms with Gasteiger partial charge in [0.25, 0.3) is 5.91 Å². The number of carbonyl (C=O) groups is 2. The Balaban J connectivity index is 1.33. The molecular weight excluding hydrogens is 494 g/mol. The van der Waals surface area contributed by atoms with Gasteiger partial charge in [0, 0.05) is 42.3 Å².